The minimum atomic E-state index is -4.51. The van der Waals surface area contributed by atoms with Crippen LogP contribution in [0.2, 0.25) is 0 Å². The number of nitrogens with one attached hydrogen (secondary N) is 2. The Kier molecular flexibility index (Phi) is 7.64. The zero-order chi connectivity index (χ0) is 23.1. The summed E-state index contributed by atoms with van der Waals surface area (Å²) in [6, 6.07) is 4.35. The molecule has 168 valence electrons. The summed E-state index contributed by atoms with van der Waals surface area (Å²) < 4.78 is 40.2. The molecule has 0 radical (unpaired) electrons. The Morgan fingerprint density at radius 2 is 2.03 bits per heavy atom. The van der Waals surface area contributed by atoms with Gasteiger partial charge in [-0.3, -0.25) is 9.59 Å². The highest BCUT2D eigenvalue weighted by Crippen LogP contribution is 2.30. The molecule has 1 aromatic carbocycles. The third-order valence-electron chi connectivity index (χ3n) is 3.91. The van der Waals surface area contributed by atoms with Crippen LogP contribution in [0.25, 0.3) is 0 Å². The number of halogens is 3. The van der Waals surface area contributed by atoms with Gasteiger partial charge in [-0.25, -0.2) is 4.98 Å². The highest BCUT2D eigenvalue weighted by molar-refractivity contribution is 7.99. The number of carbonyl (C=O) groups is 2. The van der Waals surface area contributed by atoms with Crippen LogP contribution >= 0.6 is 23.1 Å². The summed E-state index contributed by atoms with van der Waals surface area (Å²) in [5, 5.41) is 15.7. The van der Waals surface area contributed by atoms with Gasteiger partial charge in [-0.2, -0.15) is 13.2 Å². The second kappa shape index (κ2) is 10.4. The Morgan fingerprint density at radius 3 is 2.72 bits per heavy atom. The van der Waals surface area contributed by atoms with Crippen molar-refractivity contribution in [2.24, 2.45) is 0 Å². The molecule has 0 aliphatic heterocycles. The van der Waals surface area contributed by atoms with E-state index in [0.29, 0.717) is 10.3 Å². The van der Waals surface area contributed by atoms with Crippen molar-refractivity contribution >= 4 is 45.7 Å². The molecule has 0 saturated carbocycles. The van der Waals surface area contributed by atoms with Gasteiger partial charge in [0.1, 0.15) is 5.82 Å². The molecule has 3 aromatic rings. The highest BCUT2D eigenvalue weighted by Gasteiger charge is 2.30. The summed E-state index contributed by atoms with van der Waals surface area (Å²) in [6.45, 7) is 3.95. The number of benzene rings is 1. The quantitative estimate of drug-likeness (QED) is 0.355. The van der Waals surface area contributed by atoms with E-state index < -0.39 is 17.6 Å². The smallest absolute Gasteiger partial charge is 0.326 e. The van der Waals surface area contributed by atoms with Gasteiger partial charge in [0.25, 0.3) is 0 Å². The molecule has 0 aliphatic rings. The lowest BCUT2D eigenvalue weighted by Gasteiger charge is -2.10. The van der Waals surface area contributed by atoms with Crippen LogP contribution in [0, 0.1) is 0 Å². The molecule has 0 bridgehead atoms. The first kappa shape index (κ1) is 23.5. The van der Waals surface area contributed by atoms with Crippen LogP contribution in [0.1, 0.15) is 11.4 Å². The normalized spacial score (nSPS) is 11.2. The first-order chi connectivity index (χ1) is 15.3. The molecule has 0 spiro atoms. The van der Waals surface area contributed by atoms with E-state index in [9.17, 15) is 22.8 Å². The van der Waals surface area contributed by atoms with E-state index in [4.69, 9.17) is 0 Å². The van der Waals surface area contributed by atoms with E-state index in [0.717, 1.165) is 23.9 Å². The summed E-state index contributed by atoms with van der Waals surface area (Å²) >= 11 is 2.42. The molecule has 0 fully saturated rings. The number of anilines is 2. The number of amides is 2. The first-order valence-electron chi connectivity index (χ1n) is 9.08. The topological polar surface area (TPSA) is 102 Å². The Balaban J connectivity index is 1.63. The molecule has 32 heavy (non-hydrogen) atoms. The second-order valence-corrected chi connectivity index (χ2v) is 8.11. The van der Waals surface area contributed by atoms with Crippen molar-refractivity contribution in [1.82, 2.24) is 19.7 Å². The van der Waals surface area contributed by atoms with Gasteiger partial charge in [-0.05, 0) is 18.2 Å². The number of aromatic nitrogens is 4. The molecule has 0 unspecified atom stereocenters. The lowest BCUT2D eigenvalue weighted by Crippen LogP contribution is -2.18. The first-order valence-corrected chi connectivity index (χ1v) is 10.9. The van der Waals surface area contributed by atoms with E-state index in [1.807, 2.05) is 0 Å². The third-order valence-corrected chi connectivity index (χ3v) is 5.56. The lowest BCUT2D eigenvalue weighted by atomic mass is 10.2. The Labute approximate surface area is 189 Å². The SMILES string of the molecule is C=CCn1c(CC(=O)Nc2cccc(C(F)(F)F)c2)nnc1SCC(=O)Nc1nccs1. The molecular formula is C19H17F3N6O2S2. The fourth-order valence-electron chi connectivity index (χ4n) is 2.56. The van der Waals surface area contributed by atoms with Crippen LogP contribution in [-0.2, 0) is 28.7 Å². The Hall–Kier alpha value is -3.19. The number of carbonyl (C=O) groups excluding carboxylic acids is 2. The summed E-state index contributed by atoms with van der Waals surface area (Å²) in [4.78, 5) is 28.4. The number of alkyl halides is 3. The van der Waals surface area contributed by atoms with E-state index in [1.165, 1.54) is 23.5 Å². The highest BCUT2D eigenvalue weighted by atomic mass is 32.2. The van der Waals surface area contributed by atoms with Crippen molar-refractivity contribution < 1.29 is 22.8 Å². The summed E-state index contributed by atoms with van der Waals surface area (Å²) in [5.74, 6) is -0.495. The fraction of sp³-hybridized carbons (Fsp3) is 0.211. The number of thiazole rings is 1. The maximum atomic E-state index is 12.9. The van der Waals surface area contributed by atoms with Crippen LogP contribution in [0.15, 0.2) is 53.7 Å². The predicted octanol–water partition coefficient (Wildman–Crippen LogP) is 3.85. The fourth-order valence-corrected chi connectivity index (χ4v) is 3.87. The molecule has 0 atom stereocenters. The van der Waals surface area contributed by atoms with Crippen LogP contribution in [0.5, 0.6) is 0 Å². The van der Waals surface area contributed by atoms with Crippen molar-refractivity contribution in [2.75, 3.05) is 16.4 Å². The average molecular weight is 483 g/mol. The Bertz CT molecular complexity index is 1100. The molecule has 13 heteroatoms. The van der Waals surface area contributed by atoms with Crippen LogP contribution in [0.3, 0.4) is 0 Å². The summed E-state index contributed by atoms with van der Waals surface area (Å²) in [5.41, 5.74) is -0.840. The van der Waals surface area contributed by atoms with Crippen molar-refractivity contribution in [2.45, 2.75) is 24.3 Å². The van der Waals surface area contributed by atoms with Gasteiger partial charge in [0.15, 0.2) is 10.3 Å². The molecule has 2 amide bonds. The maximum absolute atomic E-state index is 12.9. The second-order valence-electron chi connectivity index (χ2n) is 6.28. The maximum Gasteiger partial charge on any atom is 0.416 e. The minimum absolute atomic E-state index is 0.0214. The van der Waals surface area contributed by atoms with Gasteiger partial charge >= 0.3 is 6.18 Å². The molecule has 2 aromatic heterocycles. The molecule has 8 nitrogen and oxygen atoms in total. The van der Waals surface area contributed by atoms with E-state index in [1.54, 1.807) is 22.2 Å². The molecule has 2 N–H and O–H groups in total. The van der Waals surface area contributed by atoms with Crippen LogP contribution < -0.4 is 10.6 Å². The van der Waals surface area contributed by atoms with Gasteiger partial charge in [0.05, 0.1) is 17.7 Å². The minimum Gasteiger partial charge on any atom is -0.326 e. The lowest BCUT2D eigenvalue weighted by molar-refractivity contribution is -0.137. The largest absolute Gasteiger partial charge is 0.416 e. The predicted molar refractivity (Wildman–Crippen MR) is 115 cm³/mol. The number of rotatable bonds is 9. The summed E-state index contributed by atoms with van der Waals surface area (Å²) in [7, 11) is 0. The van der Waals surface area contributed by atoms with E-state index >= 15 is 0 Å². The average Bonchev–Trinajstić information content (AvgIpc) is 3.37. The third kappa shape index (κ3) is 6.40. The standard InChI is InChI=1S/C19H17F3N6O2S2/c1-2-7-28-14(10-15(29)24-13-5-3-4-12(9-13)19(20,21)22)26-27-18(28)32-11-16(30)25-17-23-6-8-31-17/h2-6,8-9H,1,7,10-11H2,(H,24,29)(H,23,25,30). The van der Waals surface area contributed by atoms with Crippen molar-refractivity contribution in [3.8, 4) is 0 Å². The van der Waals surface area contributed by atoms with Crippen molar-refractivity contribution in [3.05, 3.63) is 59.9 Å². The number of thioether (sulfide) groups is 1. The van der Waals surface area contributed by atoms with Gasteiger partial charge in [0, 0.05) is 23.8 Å². The molecule has 3 rings (SSSR count). The Morgan fingerprint density at radius 1 is 1.22 bits per heavy atom. The molecular weight excluding hydrogens is 465 g/mol. The van der Waals surface area contributed by atoms with Crippen LogP contribution in [-0.4, -0.2) is 37.3 Å². The van der Waals surface area contributed by atoms with Gasteiger partial charge < -0.3 is 15.2 Å². The van der Waals surface area contributed by atoms with E-state index in [2.05, 4.69) is 32.4 Å². The number of nitrogens with zero attached hydrogens (tertiary/aromatic N) is 4. The molecule has 0 aliphatic carbocycles. The van der Waals surface area contributed by atoms with Gasteiger partial charge in [-0.1, -0.05) is 23.9 Å². The number of hydrogen-bond acceptors (Lipinski definition) is 7. The van der Waals surface area contributed by atoms with Gasteiger partial charge in [-0.15, -0.1) is 28.1 Å². The number of allylic oxidation sites excluding steroid dienone is 1. The molecule has 2 heterocycles. The zero-order valence-corrected chi connectivity index (χ0v) is 18.1. The summed E-state index contributed by atoms with van der Waals surface area (Å²) in [6.07, 6.45) is -1.58. The zero-order valence-electron chi connectivity index (χ0n) is 16.4. The monoisotopic (exact) mass is 482 g/mol. The van der Waals surface area contributed by atoms with Crippen molar-refractivity contribution in [3.63, 3.8) is 0 Å². The number of hydrogen-bond donors (Lipinski definition) is 2. The van der Waals surface area contributed by atoms with Crippen molar-refractivity contribution in [1.29, 1.82) is 0 Å². The van der Waals surface area contributed by atoms with Gasteiger partial charge in [0.2, 0.25) is 11.8 Å². The molecule has 0 saturated heterocycles. The van der Waals surface area contributed by atoms with E-state index in [-0.39, 0.29) is 36.1 Å². The van der Waals surface area contributed by atoms with Crippen LogP contribution in [0.4, 0.5) is 24.0 Å².